The highest BCUT2D eigenvalue weighted by Gasteiger charge is 2.38. The van der Waals surface area contributed by atoms with Crippen molar-refractivity contribution in [3.8, 4) is 0 Å². The summed E-state index contributed by atoms with van der Waals surface area (Å²) >= 11 is 0. The molecule has 0 N–H and O–H groups in total. The fourth-order valence-corrected chi connectivity index (χ4v) is 13.8. The van der Waals surface area contributed by atoms with Gasteiger partial charge in [0.05, 0.1) is 0 Å². The molecule has 2 unspecified atom stereocenters. The maximum atomic E-state index is 14.8. The minimum atomic E-state index is -0.179. The van der Waals surface area contributed by atoms with Crippen molar-refractivity contribution in [1.29, 1.82) is 0 Å². The Morgan fingerprint density at radius 2 is 0.449 bits per heavy atom. The number of hydrogen-bond donors (Lipinski definition) is 0. The van der Waals surface area contributed by atoms with Crippen LogP contribution in [0.4, 0.5) is 0 Å². The fourth-order valence-electron chi connectivity index (χ4n) is 13.8. The van der Waals surface area contributed by atoms with Gasteiger partial charge in [-0.1, -0.05) is 283 Å². The summed E-state index contributed by atoms with van der Waals surface area (Å²) in [7, 11) is 0. The second-order valence-electron chi connectivity index (χ2n) is 24.8. The van der Waals surface area contributed by atoms with Crippen LogP contribution in [0.1, 0.15) is 326 Å². The van der Waals surface area contributed by atoms with Gasteiger partial charge in [0.1, 0.15) is 0 Å². The first-order valence-electron chi connectivity index (χ1n) is 33.3. The lowest BCUT2D eigenvalue weighted by molar-refractivity contribution is 0.0563. The Morgan fingerprint density at radius 3 is 0.654 bits per heavy atom. The molecule has 2 atom stereocenters. The highest BCUT2D eigenvalue weighted by molar-refractivity contribution is 6.41. The van der Waals surface area contributed by atoms with Crippen molar-refractivity contribution in [3.05, 3.63) is 70.8 Å². The lowest BCUT2D eigenvalue weighted by Crippen LogP contribution is -2.43. The fraction of sp³-hybridized carbons (Fsp3) is 0.667. The predicted molar refractivity (Wildman–Crippen MR) is 333 cm³/mol. The van der Waals surface area contributed by atoms with Crippen LogP contribution in [0.2, 0.25) is 0 Å². The highest BCUT2D eigenvalue weighted by Crippen LogP contribution is 2.47. The van der Waals surface area contributed by atoms with Crippen molar-refractivity contribution in [2.45, 2.75) is 285 Å². The molecule has 0 saturated carbocycles. The zero-order valence-electron chi connectivity index (χ0n) is 50.0. The van der Waals surface area contributed by atoms with Gasteiger partial charge in [0.15, 0.2) is 0 Å². The van der Waals surface area contributed by atoms with Crippen molar-refractivity contribution in [2.75, 3.05) is 13.1 Å². The third-order valence-electron chi connectivity index (χ3n) is 18.5. The van der Waals surface area contributed by atoms with E-state index in [1.54, 1.807) is 9.80 Å². The summed E-state index contributed by atoms with van der Waals surface area (Å²) in [6.45, 7) is 10.1. The normalized spacial score (nSPS) is 14.5. The van der Waals surface area contributed by atoms with Crippen molar-refractivity contribution in [3.63, 3.8) is 0 Å². The maximum absolute atomic E-state index is 14.8. The van der Waals surface area contributed by atoms with Crippen LogP contribution in [0.15, 0.2) is 48.5 Å². The van der Waals surface area contributed by atoms with Crippen molar-refractivity contribution in [2.24, 2.45) is 11.8 Å². The Balaban J connectivity index is 1.06. The predicted octanol–water partition coefficient (Wildman–Crippen LogP) is 21.8. The number of rotatable bonds is 44. The molecular formula is C72H106N2O4. The molecule has 7 rings (SSSR count). The number of nitrogens with zero attached hydrogens (tertiary/aromatic N) is 2. The van der Waals surface area contributed by atoms with Crippen molar-refractivity contribution < 1.29 is 19.2 Å². The van der Waals surface area contributed by atoms with Crippen LogP contribution < -0.4 is 0 Å². The Kier molecular flexibility index (Phi) is 26.3. The third-order valence-corrected chi connectivity index (χ3v) is 18.5. The molecule has 0 spiro atoms. The van der Waals surface area contributed by atoms with Crippen LogP contribution in [-0.4, -0.2) is 46.5 Å². The van der Waals surface area contributed by atoms with Crippen molar-refractivity contribution >= 4 is 66.7 Å². The van der Waals surface area contributed by atoms with Gasteiger partial charge < -0.3 is 0 Å². The first-order chi connectivity index (χ1) is 38.3. The van der Waals surface area contributed by atoms with Gasteiger partial charge >= 0.3 is 0 Å². The zero-order valence-corrected chi connectivity index (χ0v) is 50.0. The summed E-state index contributed by atoms with van der Waals surface area (Å²) in [5, 5.41) is 7.15. The van der Waals surface area contributed by atoms with E-state index in [1.807, 2.05) is 24.3 Å². The molecule has 6 nitrogen and oxygen atoms in total. The summed E-state index contributed by atoms with van der Waals surface area (Å²) < 4.78 is 0. The molecular weight excluding hydrogens is 957 g/mol. The number of imide groups is 2. The monoisotopic (exact) mass is 1060 g/mol. The van der Waals surface area contributed by atoms with Crippen LogP contribution in [0.25, 0.3) is 43.1 Å². The molecule has 0 saturated heterocycles. The molecule has 2 aliphatic rings. The van der Waals surface area contributed by atoms with E-state index in [2.05, 4.69) is 52.0 Å². The minimum Gasteiger partial charge on any atom is -0.274 e. The number of benzene rings is 5. The van der Waals surface area contributed by atoms with E-state index in [0.717, 1.165) is 94.5 Å². The number of hydrogen-bond acceptors (Lipinski definition) is 4. The number of amides is 4. The SMILES string of the molecule is CCCCCCCCCCCCC(CCCCCCCCCC)CN1C(=O)c2ccc3c4ccc5c6c(ccc(c7ccc(c2c37)C1=O)c64)C(=O)N(CC(CCCCCCCCCC)CCCCCCCCCCCC)C5=O. The second-order valence-corrected chi connectivity index (χ2v) is 24.8. The molecule has 0 radical (unpaired) electrons. The molecule has 2 heterocycles. The molecule has 0 aliphatic carbocycles. The summed E-state index contributed by atoms with van der Waals surface area (Å²) in [5.41, 5.74) is 2.40. The molecule has 6 heteroatoms. The first-order valence-corrected chi connectivity index (χ1v) is 33.3. The van der Waals surface area contributed by atoms with E-state index in [9.17, 15) is 19.2 Å². The lowest BCUT2D eigenvalue weighted by atomic mass is 9.82. The third kappa shape index (κ3) is 16.4. The van der Waals surface area contributed by atoms with Crippen LogP contribution >= 0.6 is 0 Å². The molecule has 5 aromatic carbocycles. The highest BCUT2D eigenvalue weighted by atomic mass is 16.2. The van der Waals surface area contributed by atoms with E-state index in [-0.39, 0.29) is 23.6 Å². The molecule has 78 heavy (non-hydrogen) atoms. The van der Waals surface area contributed by atoms with Gasteiger partial charge in [-0.3, -0.25) is 29.0 Å². The van der Waals surface area contributed by atoms with E-state index < -0.39 is 0 Å². The van der Waals surface area contributed by atoms with Crippen LogP contribution in [0.3, 0.4) is 0 Å². The number of carbonyl (C=O) groups excluding carboxylic acids is 4. The minimum absolute atomic E-state index is 0.179. The molecule has 428 valence electrons. The maximum Gasteiger partial charge on any atom is 0.261 e. The van der Waals surface area contributed by atoms with Crippen LogP contribution in [0, 0.1) is 11.8 Å². The quantitative estimate of drug-likeness (QED) is 0.0169. The van der Waals surface area contributed by atoms with Gasteiger partial charge in [-0.25, -0.2) is 0 Å². The topological polar surface area (TPSA) is 74.8 Å². The second kappa shape index (κ2) is 33.4. The Morgan fingerprint density at radius 1 is 0.256 bits per heavy atom. The van der Waals surface area contributed by atoms with Gasteiger partial charge in [0.2, 0.25) is 0 Å². The molecule has 0 aromatic heterocycles. The van der Waals surface area contributed by atoms with Gasteiger partial charge in [-0.15, -0.1) is 0 Å². The van der Waals surface area contributed by atoms with E-state index in [4.69, 9.17) is 0 Å². The summed E-state index contributed by atoms with van der Waals surface area (Å²) in [6.07, 6.45) is 50.5. The molecule has 5 aromatic rings. The van der Waals surface area contributed by atoms with E-state index in [0.29, 0.717) is 47.2 Å². The van der Waals surface area contributed by atoms with Gasteiger partial charge in [-0.05, 0) is 94.1 Å². The lowest BCUT2D eigenvalue weighted by Gasteiger charge is -2.32. The molecule has 2 aliphatic heterocycles. The first kappa shape index (κ1) is 61.3. The Bertz CT molecular complexity index is 2330. The summed E-state index contributed by atoms with van der Waals surface area (Å²) in [4.78, 5) is 62.3. The number of carbonyl (C=O) groups is 4. The van der Waals surface area contributed by atoms with E-state index in [1.165, 1.54) is 205 Å². The van der Waals surface area contributed by atoms with Gasteiger partial charge in [0, 0.05) is 46.1 Å². The largest absolute Gasteiger partial charge is 0.274 e. The average molecular weight is 1060 g/mol. The summed E-state index contributed by atoms with van der Waals surface area (Å²) in [5.74, 6) is -0.134. The van der Waals surface area contributed by atoms with Gasteiger partial charge in [-0.2, -0.15) is 0 Å². The van der Waals surface area contributed by atoms with E-state index >= 15 is 0 Å². The standard InChI is InChI=1S/C72H106N2O4/c1-5-9-13-17-21-25-27-31-35-39-43-55(41-37-33-29-23-19-15-11-7-3)53-73-69(75)61-49-45-57-59-47-51-63-68-64(52-48-60(66(59)68)58-46-50-62(70(73)76)67(61)65(57)58)72(78)74(71(63)77)54-56(42-38-34-30-24-20-16-12-8-4)44-40-36-32-28-26-22-18-14-10-6-2/h45-52,55-56H,5-44,53-54H2,1-4H3. The molecule has 0 bridgehead atoms. The molecule has 4 amide bonds. The van der Waals surface area contributed by atoms with Crippen molar-refractivity contribution in [1.82, 2.24) is 9.80 Å². The Hall–Kier alpha value is -4.32. The smallest absolute Gasteiger partial charge is 0.261 e. The van der Waals surface area contributed by atoms with Crippen LogP contribution in [0.5, 0.6) is 0 Å². The average Bonchev–Trinajstić information content (AvgIpc) is 3.63. The Labute approximate surface area is 473 Å². The number of fused-ring (bicyclic) bond motifs is 2. The summed E-state index contributed by atoms with van der Waals surface area (Å²) in [6, 6.07) is 16.0. The number of unbranched alkanes of at least 4 members (excludes halogenated alkanes) is 32. The molecule has 0 fully saturated rings. The van der Waals surface area contributed by atoms with Crippen LogP contribution in [-0.2, 0) is 0 Å². The zero-order chi connectivity index (χ0) is 54.9. The van der Waals surface area contributed by atoms with Gasteiger partial charge in [0.25, 0.3) is 23.6 Å².